The van der Waals surface area contributed by atoms with E-state index in [4.69, 9.17) is 11.6 Å². The summed E-state index contributed by atoms with van der Waals surface area (Å²) in [6, 6.07) is 7.69. The number of benzene rings is 1. The maximum atomic E-state index is 5.83. The van der Waals surface area contributed by atoms with Crippen LogP contribution in [0.1, 0.15) is 5.56 Å². The normalized spacial score (nSPS) is 10.6. The maximum absolute atomic E-state index is 5.83. The molecule has 1 aromatic carbocycles. The molecule has 0 aliphatic rings. The molecule has 0 saturated heterocycles. The molecule has 0 bridgehead atoms. The van der Waals surface area contributed by atoms with Crippen LogP contribution in [0.4, 0.5) is 0 Å². The van der Waals surface area contributed by atoms with Crippen molar-refractivity contribution in [2.24, 2.45) is 0 Å². The Morgan fingerprint density at radius 2 is 2.00 bits per heavy atom. The van der Waals surface area contributed by atoms with Crippen molar-refractivity contribution < 1.29 is 0 Å². The van der Waals surface area contributed by atoms with Crippen molar-refractivity contribution in [3.63, 3.8) is 0 Å². The first-order valence-corrected chi connectivity index (χ1v) is 4.15. The molecule has 1 rings (SSSR count). The Kier molecular flexibility index (Phi) is 2.97. The van der Waals surface area contributed by atoms with Crippen molar-refractivity contribution in [1.82, 2.24) is 0 Å². The van der Waals surface area contributed by atoms with Gasteiger partial charge in [-0.2, -0.15) is 0 Å². The second kappa shape index (κ2) is 3.79. The SMILES string of the molecule is Clc1ccccc1/C=C\Br. The lowest BCUT2D eigenvalue weighted by molar-refractivity contribution is 1.66. The molecule has 10 heavy (non-hydrogen) atoms. The van der Waals surface area contributed by atoms with Gasteiger partial charge in [-0.05, 0) is 22.7 Å². The molecule has 0 nitrogen and oxygen atoms in total. The lowest BCUT2D eigenvalue weighted by Crippen LogP contribution is -1.70. The summed E-state index contributed by atoms with van der Waals surface area (Å²) in [4.78, 5) is 1.79. The first-order valence-electron chi connectivity index (χ1n) is 2.86. The van der Waals surface area contributed by atoms with Crippen LogP contribution < -0.4 is 0 Å². The van der Waals surface area contributed by atoms with E-state index < -0.39 is 0 Å². The molecule has 0 saturated carbocycles. The predicted molar refractivity (Wildman–Crippen MR) is 49.4 cm³/mol. The summed E-state index contributed by atoms with van der Waals surface area (Å²) >= 11 is 9.01. The van der Waals surface area contributed by atoms with Crippen LogP contribution in [0.5, 0.6) is 0 Å². The summed E-state index contributed by atoms with van der Waals surface area (Å²) in [6.45, 7) is 0. The van der Waals surface area contributed by atoms with Gasteiger partial charge in [0, 0.05) is 5.02 Å². The molecule has 0 N–H and O–H groups in total. The van der Waals surface area contributed by atoms with E-state index in [0.717, 1.165) is 10.6 Å². The van der Waals surface area contributed by atoms with Crippen LogP contribution in [0.3, 0.4) is 0 Å². The Labute approximate surface area is 73.6 Å². The molecule has 2 heteroatoms. The molecule has 0 radical (unpaired) electrons. The van der Waals surface area contributed by atoms with Gasteiger partial charge in [0.25, 0.3) is 0 Å². The van der Waals surface area contributed by atoms with Crippen LogP contribution in [0, 0.1) is 0 Å². The maximum Gasteiger partial charge on any atom is 0.0478 e. The Bertz CT molecular complexity index is 243. The van der Waals surface area contributed by atoms with Crippen molar-refractivity contribution in [1.29, 1.82) is 0 Å². The molecule has 0 amide bonds. The van der Waals surface area contributed by atoms with E-state index in [0.29, 0.717) is 0 Å². The highest BCUT2D eigenvalue weighted by molar-refractivity contribution is 9.11. The van der Waals surface area contributed by atoms with Crippen molar-refractivity contribution in [2.75, 3.05) is 0 Å². The molecular formula is C8H6BrCl. The Hall–Kier alpha value is -0.270. The fourth-order valence-corrected chi connectivity index (χ4v) is 1.16. The highest BCUT2D eigenvalue weighted by Gasteiger charge is 1.90. The van der Waals surface area contributed by atoms with Crippen molar-refractivity contribution in [3.8, 4) is 0 Å². The number of hydrogen-bond acceptors (Lipinski definition) is 0. The minimum atomic E-state index is 0.776. The van der Waals surface area contributed by atoms with Crippen LogP contribution >= 0.6 is 27.5 Å². The molecule has 0 fully saturated rings. The summed E-state index contributed by atoms with van der Waals surface area (Å²) in [7, 11) is 0. The molecule has 52 valence electrons. The first-order chi connectivity index (χ1) is 4.84. The third kappa shape index (κ3) is 1.86. The molecule has 1 aromatic rings. The van der Waals surface area contributed by atoms with Gasteiger partial charge in [-0.25, -0.2) is 0 Å². The highest BCUT2D eigenvalue weighted by Crippen LogP contribution is 2.16. The second-order valence-corrected chi connectivity index (χ2v) is 2.75. The second-order valence-electron chi connectivity index (χ2n) is 1.81. The van der Waals surface area contributed by atoms with Crippen LogP contribution in [-0.2, 0) is 0 Å². The van der Waals surface area contributed by atoms with E-state index in [1.54, 1.807) is 4.99 Å². The molecule has 0 aromatic heterocycles. The van der Waals surface area contributed by atoms with Gasteiger partial charge in [-0.3, -0.25) is 0 Å². The zero-order chi connectivity index (χ0) is 7.40. The molecular weight excluding hydrogens is 211 g/mol. The summed E-state index contributed by atoms with van der Waals surface area (Å²) in [5.41, 5.74) is 1.03. The van der Waals surface area contributed by atoms with E-state index in [1.165, 1.54) is 0 Å². The third-order valence-corrected chi connectivity index (χ3v) is 1.76. The Balaban J connectivity index is 3.03. The van der Waals surface area contributed by atoms with Gasteiger partial charge in [-0.15, -0.1) is 0 Å². The largest absolute Gasteiger partial charge is 0.0837 e. The predicted octanol–water partition coefficient (Wildman–Crippen LogP) is 3.71. The van der Waals surface area contributed by atoms with Crippen LogP contribution in [0.15, 0.2) is 29.3 Å². The summed E-state index contributed by atoms with van der Waals surface area (Å²) in [5, 5.41) is 0.776. The third-order valence-electron chi connectivity index (χ3n) is 1.15. The van der Waals surface area contributed by atoms with Crippen LogP contribution in [0.2, 0.25) is 5.02 Å². The van der Waals surface area contributed by atoms with E-state index in [9.17, 15) is 0 Å². The standard InChI is InChI=1S/C8H6BrCl/c9-6-5-7-3-1-2-4-8(7)10/h1-6H/b6-5-. The molecule has 0 spiro atoms. The van der Waals surface area contributed by atoms with E-state index in [1.807, 2.05) is 30.3 Å². The van der Waals surface area contributed by atoms with E-state index >= 15 is 0 Å². The van der Waals surface area contributed by atoms with Crippen LogP contribution in [-0.4, -0.2) is 0 Å². The first kappa shape index (κ1) is 7.83. The summed E-state index contributed by atoms with van der Waals surface area (Å²) in [5.74, 6) is 0. The average molecular weight is 217 g/mol. The van der Waals surface area contributed by atoms with Gasteiger partial charge < -0.3 is 0 Å². The van der Waals surface area contributed by atoms with Gasteiger partial charge >= 0.3 is 0 Å². The summed E-state index contributed by atoms with van der Waals surface area (Å²) in [6.07, 6.45) is 1.91. The van der Waals surface area contributed by atoms with Gasteiger partial charge in [0.2, 0.25) is 0 Å². The fraction of sp³-hybridized carbons (Fsp3) is 0. The molecule has 0 aliphatic carbocycles. The van der Waals surface area contributed by atoms with E-state index in [-0.39, 0.29) is 0 Å². The zero-order valence-corrected chi connectivity index (χ0v) is 7.56. The smallest absolute Gasteiger partial charge is 0.0478 e. The fourth-order valence-electron chi connectivity index (χ4n) is 0.678. The van der Waals surface area contributed by atoms with Crippen molar-refractivity contribution in [2.45, 2.75) is 0 Å². The van der Waals surface area contributed by atoms with Gasteiger partial charge in [0.15, 0.2) is 0 Å². The molecule has 0 aliphatic heterocycles. The molecule has 0 atom stereocenters. The minimum Gasteiger partial charge on any atom is -0.0837 e. The molecule has 0 heterocycles. The summed E-state index contributed by atoms with van der Waals surface area (Å²) < 4.78 is 0. The lowest BCUT2D eigenvalue weighted by atomic mass is 10.2. The quantitative estimate of drug-likeness (QED) is 0.673. The van der Waals surface area contributed by atoms with Gasteiger partial charge in [0.1, 0.15) is 0 Å². The molecule has 0 unspecified atom stereocenters. The van der Waals surface area contributed by atoms with Crippen molar-refractivity contribution in [3.05, 3.63) is 39.8 Å². The van der Waals surface area contributed by atoms with E-state index in [2.05, 4.69) is 15.9 Å². The van der Waals surface area contributed by atoms with Crippen LogP contribution in [0.25, 0.3) is 6.08 Å². The Morgan fingerprint density at radius 1 is 1.30 bits per heavy atom. The monoisotopic (exact) mass is 216 g/mol. The zero-order valence-electron chi connectivity index (χ0n) is 5.22. The topological polar surface area (TPSA) is 0 Å². The number of rotatable bonds is 1. The lowest BCUT2D eigenvalue weighted by Gasteiger charge is -1.93. The average Bonchev–Trinajstić information content (AvgIpc) is 1.94. The highest BCUT2D eigenvalue weighted by atomic mass is 79.9. The number of halogens is 2. The number of hydrogen-bond donors (Lipinski definition) is 0. The van der Waals surface area contributed by atoms with Crippen molar-refractivity contribution >= 4 is 33.6 Å². The van der Waals surface area contributed by atoms with Gasteiger partial charge in [0.05, 0.1) is 0 Å². The Morgan fingerprint density at radius 3 is 2.60 bits per heavy atom. The van der Waals surface area contributed by atoms with Gasteiger partial charge in [-0.1, -0.05) is 45.7 Å². The minimum absolute atomic E-state index is 0.776.